The van der Waals surface area contributed by atoms with Crippen LogP contribution in [0.4, 0.5) is 10.1 Å². The van der Waals surface area contributed by atoms with Crippen molar-refractivity contribution in [1.29, 1.82) is 0 Å². The third-order valence-corrected chi connectivity index (χ3v) is 2.37. The second-order valence-electron chi connectivity index (χ2n) is 3.58. The van der Waals surface area contributed by atoms with Crippen molar-refractivity contribution < 1.29 is 23.5 Å². The van der Waals surface area contributed by atoms with E-state index in [1.165, 1.54) is 6.07 Å². The number of nitrogens with two attached hydrogens (primary N) is 1. The van der Waals surface area contributed by atoms with Gasteiger partial charge in [-0.05, 0) is 18.2 Å². The van der Waals surface area contributed by atoms with Gasteiger partial charge in [-0.15, -0.1) is 0 Å². The number of hydrogen-bond acceptors (Lipinski definition) is 5. The molecule has 1 aliphatic rings. The molecular formula is C11H10FNO4. The molecule has 2 N–H and O–H groups in total. The van der Waals surface area contributed by atoms with Crippen molar-refractivity contribution in [2.24, 2.45) is 0 Å². The summed E-state index contributed by atoms with van der Waals surface area (Å²) in [5.41, 5.74) is 5.48. The van der Waals surface area contributed by atoms with E-state index >= 15 is 0 Å². The van der Waals surface area contributed by atoms with Crippen molar-refractivity contribution >= 4 is 17.6 Å². The van der Waals surface area contributed by atoms with Crippen LogP contribution >= 0.6 is 0 Å². The van der Waals surface area contributed by atoms with Crippen LogP contribution < -0.4 is 5.73 Å². The van der Waals surface area contributed by atoms with Gasteiger partial charge in [-0.2, -0.15) is 0 Å². The molecule has 90 valence electrons. The van der Waals surface area contributed by atoms with Crippen LogP contribution in [0.5, 0.6) is 0 Å². The largest absolute Gasteiger partial charge is 0.463 e. The van der Waals surface area contributed by atoms with Gasteiger partial charge < -0.3 is 15.2 Å². The fourth-order valence-corrected chi connectivity index (χ4v) is 1.50. The summed E-state index contributed by atoms with van der Waals surface area (Å²) >= 11 is 0. The lowest BCUT2D eigenvalue weighted by Gasteiger charge is -2.09. The van der Waals surface area contributed by atoms with Gasteiger partial charge in [0.05, 0.1) is 12.2 Å². The van der Waals surface area contributed by atoms with Gasteiger partial charge >= 0.3 is 11.9 Å². The number of ether oxygens (including phenoxy) is 2. The van der Waals surface area contributed by atoms with Gasteiger partial charge in [0.1, 0.15) is 5.82 Å². The monoisotopic (exact) mass is 239 g/mol. The number of benzene rings is 1. The summed E-state index contributed by atoms with van der Waals surface area (Å²) in [6.45, 7) is 0.232. The van der Waals surface area contributed by atoms with Gasteiger partial charge in [-0.1, -0.05) is 0 Å². The Morgan fingerprint density at radius 1 is 1.53 bits per heavy atom. The Labute approximate surface area is 96.3 Å². The summed E-state index contributed by atoms with van der Waals surface area (Å²) in [4.78, 5) is 22.7. The second kappa shape index (κ2) is 4.40. The number of carbonyl (C=O) groups is 2. The first-order valence-electron chi connectivity index (χ1n) is 5.00. The Balaban J connectivity index is 2.11. The number of nitrogen functional groups attached to an aromatic ring is 1. The SMILES string of the molecule is Nc1cc(F)ccc1C(=O)OC1CCOC1=O. The van der Waals surface area contributed by atoms with E-state index in [0.717, 1.165) is 12.1 Å². The number of cyclic esters (lactones) is 1. The maximum Gasteiger partial charge on any atom is 0.347 e. The molecule has 1 aromatic rings. The number of halogens is 1. The van der Waals surface area contributed by atoms with Gasteiger partial charge in [-0.3, -0.25) is 0 Å². The first-order chi connectivity index (χ1) is 8.08. The fourth-order valence-electron chi connectivity index (χ4n) is 1.50. The van der Waals surface area contributed by atoms with Crippen molar-refractivity contribution in [3.8, 4) is 0 Å². The molecule has 17 heavy (non-hydrogen) atoms. The Kier molecular flexibility index (Phi) is 2.95. The van der Waals surface area contributed by atoms with Crippen LogP contribution in [0.3, 0.4) is 0 Å². The first-order valence-corrected chi connectivity index (χ1v) is 5.00. The van der Waals surface area contributed by atoms with Crippen LogP contribution in [0.2, 0.25) is 0 Å². The van der Waals surface area contributed by atoms with Crippen LogP contribution in [0.15, 0.2) is 18.2 Å². The lowest BCUT2D eigenvalue weighted by Crippen LogP contribution is -2.23. The zero-order valence-corrected chi connectivity index (χ0v) is 8.81. The molecule has 1 aromatic carbocycles. The van der Waals surface area contributed by atoms with Gasteiger partial charge in [0, 0.05) is 12.1 Å². The third kappa shape index (κ3) is 2.35. The maximum absolute atomic E-state index is 12.8. The van der Waals surface area contributed by atoms with E-state index in [1.54, 1.807) is 0 Å². The molecule has 0 saturated carbocycles. The highest BCUT2D eigenvalue weighted by molar-refractivity contribution is 5.96. The predicted octanol–water partition coefficient (Wildman–Crippen LogP) is 0.880. The molecule has 1 atom stereocenters. The highest BCUT2D eigenvalue weighted by Crippen LogP contribution is 2.18. The predicted molar refractivity (Wildman–Crippen MR) is 55.6 cm³/mol. The minimum absolute atomic E-state index is 0.0265. The Morgan fingerprint density at radius 2 is 2.29 bits per heavy atom. The summed E-state index contributed by atoms with van der Waals surface area (Å²) in [6.07, 6.45) is -0.571. The van der Waals surface area contributed by atoms with E-state index in [-0.39, 0.29) is 17.9 Å². The molecule has 0 amide bonds. The van der Waals surface area contributed by atoms with Crippen molar-refractivity contribution in [2.45, 2.75) is 12.5 Å². The normalized spacial score (nSPS) is 18.9. The van der Waals surface area contributed by atoms with E-state index < -0.39 is 23.9 Å². The lowest BCUT2D eigenvalue weighted by atomic mass is 10.2. The molecular weight excluding hydrogens is 229 g/mol. The molecule has 6 heteroatoms. The molecule has 2 rings (SSSR count). The summed E-state index contributed by atoms with van der Waals surface area (Å²) in [5, 5.41) is 0. The zero-order valence-electron chi connectivity index (χ0n) is 8.81. The molecule has 1 saturated heterocycles. The third-order valence-electron chi connectivity index (χ3n) is 2.37. The number of rotatable bonds is 2. The molecule has 1 fully saturated rings. The lowest BCUT2D eigenvalue weighted by molar-refractivity contribution is -0.145. The fraction of sp³-hybridized carbons (Fsp3) is 0.273. The first kappa shape index (κ1) is 11.4. The van der Waals surface area contributed by atoms with Crippen molar-refractivity contribution in [3.05, 3.63) is 29.6 Å². The summed E-state index contributed by atoms with van der Waals surface area (Å²) in [7, 11) is 0. The molecule has 1 unspecified atom stereocenters. The van der Waals surface area contributed by atoms with Crippen LogP contribution in [-0.2, 0) is 14.3 Å². The van der Waals surface area contributed by atoms with Crippen molar-refractivity contribution in [3.63, 3.8) is 0 Å². The topological polar surface area (TPSA) is 78.6 Å². The minimum Gasteiger partial charge on any atom is -0.463 e. The average Bonchev–Trinajstić information content (AvgIpc) is 2.64. The smallest absolute Gasteiger partial charge is 0.347 e. The number of esters is 2. The highest BCUT2D eigenvalue weighted by atomic mass is 19.1. The van der Waals surface area contributed by atoms with Gasteiger partial charge in [0.25, 0.3) is 0 Å². The summed E-state index contributed by atoms with van der Waals surface area (Å²) in [5.74, 6) is -1.87. The van der Waals surface area contributed by atoms with Gasteiger partial charge in [-0.25, -0.2) is 14.0 Å². The zero-order chi connectivity index (χ0) is 12.4. The van der Waals surface area contributed by atoms with E-state index in [4.69, 9.17) is 10.5 Å². The number of anilines is 1. The minimum atomic E-state index is -0.896. The number of carbonyl (C=O) groups excluding carboxylic acids is 2. The Bertz CT molecular complexity index is 475. The molecule has 0 bridgehead atoms. The van der Waals surface area contributed by atoms with Crippen molar-refractivity contribution in [1.82, 2.24) is 0 Å². The Hall–Kier alpha value is -2.11. The van der Waals surface area contributed by atoms with Gasteiger partial charge in [0.2, 0.25) is 6.10 Å². The van der Waals surface area contributed by atoms with Crippen LogP contribution in [0.1, 0.15) is 16.8 Å². The van der Waals surface area contributed by atoms with Crippen LogP contribution in [0, 0.1) is 5.82 Å². The highest BCUT2D eigenvalue weighted by Gasteiger charge is 2.30. The molecule has 5 nitrogen and oxygen atoms in total. The van der Waals surface area contributed by atoms with Crippen molar-refractivity contribution in [2.75, 3.05) is 12.3 Å². The van der Waals surface area contributed by atoms with E-state index in [0.29, 0.717) is 6.42 Å². The molecule has 0 aliphatic carbocycles. The van der Waals surface area contributed by atoms with E-state index in [9.17, 15) is 14.0 Å². The van der Waals surface area contributed by atoms with Crippen LogP contribution in [-0.4, -0.2) is 24.6 Å². The number of hydrogen-bond donors (Lipinski definition) is 1. The molecule has 0 spiro atoms. The molecule has 0 radical (unpaired) electrons. The van der Waals surface area contributed by atoms with Gasteiger partial charge in [0.15, 0.2) is 0 Å². The standard InChI is InChI=1S/C11H10FNO4/c12-6-1-2-7(8(13)5-6)10(14)17-9-3-4-16-11(9)15/h1-2,5,9H,3-4,13H2. The van der Waals surface area contributed by atoms with E-state index in [1.807, 2.05) is 0 Å². The molecule has 1 aliphatic heterocycles. The quantitative estimate of drug-likeness (QED) is 0.612. The average molecular weight is 239 g/mol. The molecule has 0 aromatic heterocycles. The maximum atomic E-state index is 12.8. The second-order valence-corrected chi connectivity index (χ2v) is 3.58. The summed E-state index contributed by atoms with van der Waals surface area (Å²) in [6, 6.07) is 3.33. The summed E-state index contributed by atoms with van der Waals surface area (Å²) < 4.78 is 22.3. The molecule has 1 heterocycles. The van der Waals surface area contributed by atoms with Crippen LogP contribution in [0.25, 0.3) is 0 Å². The Morgan fingerprint density at radius 3 is 2.88 bits per heavy atom. The van der Waals surface area contributed by atoms with E-state index in [2.05, 4.69) is 4.74 Å².